The minimum Gasteiger partial charge on any atom is -0.347 e. The summed E-state index contributed by atoms with van der Waals surface area (Å²) in [6.07, 6.45) is -5.08. The van der Waals surface area contributed by atoms with Crippen molar-refractivity contribution in [3.8, 4) is 0 Å². The summed E-state index contributed by atoms with van der Waals surface area (Å²) in [5.41, 5.74) is 0.626. The highest BCUT2D eigenvalue weighted by Crippen LogP contribution is 2.45. The molecule has 1 aromatic rings. The van der Waals surface area contributed by atoms with Crippen molar-refractivity contribution >= 4 is 11.8 Å². The number of nitrogens with one attached hydrogen (secondary N) is 1. The zero-order valence-electron chi connectivity index (χ0n) is 15.5. The monoisotopic (exact) mass is 401 g/mol. The van der Waals surface area contributed by atoms with Gasteiger partial charge in [0.25, 0.3) is 0 Å². The molecule has 2 heterocycles. The van der Waals surface area contributed by atoms with Gasteiger partial charge in [-0.3, -0.25) is 9.59 Å². The van der Waals surface area contributed by atoms with Crippen molar-refractivity contribution in [2.45, 2.75) is 25.6 Å². The highest BCUT2D eigenvalue weighted by atomic mass is 19.4. The van der Waals surface area contributed by atoms with E-state index in [4.69, 9.17) is 0 Å². The highest BCUT2D eigenvalue weighted by molar-refractivity contribution is 5.84. The van der Waals surface area contributed by atoms with E-state index in [1.807, 2.05) is 0 Å². The standard InChI is InChI=1S/C19H23F4N3O2/c1-12(27)24-8-17(28)26-10-14-9-25(6-5-19(21,22)23)11-16(14)18(26)13-3-2-4-15(20)7-13/h2-4,7,14,16,18H,5-6,8-11H2,1H3,(H,24,27)/t14-,16-,18+/m0/s1. The lowest BCUT2D eigenvalue weighted by atomic mass is 9.89. The molecule has 2 fully saturated rings. The van der Waals surface area contributed by atoms with Crippen molar-refractivity contribution < 1.29 is 27.2 Å². The van der Waals surface area contributed by atoms with E-state index < -0.39 is 24.5 Å². The molecule has 0 aromatic heterocycles. The molecule has 0 spiro atoms. The van der Waals surface area contributed by atoms with Gasteiger partial charge in [0.1, 0.15) is 5.82 Å². The molecule has 2 saturated heterocycles. The van der Waals surface area contributed by atoms with Gasteiger partial charge in [0.15, 0.2) is 0 Å². The third-order valence-electron chi connectivity index (χ3n) is 5.45. The largest absolute Gasteiger partial charge is 0.390 e. The summed E-state index contributed by atoms with van der Waals surface area (Å²) < 4.78 is 51.4. The average Bonchev–Trinajstić information content (AvgIpc) is 3.14. The molecule has 3 rings (SSSR count). The van der Waals surface area contributed by atoms with E-state index >= 15 is 0 Å². The molecule has 0 aliphatic carbocycles. The van der Waals surface area contributed by atoms with Crippen LogP contribution in [0.1, 0.15) is 24.9 Å². The first kappa shape index (κ1) is 20.6. The van der Waals surface area contributed by atoms with Crippen LogP contribution < -0.4 is 5.32 Å². The van der Waals surface area contributed by atoms with Crippen LogP contribution in [0.5, 0.6) is 0 Å². The summed E-state index contributed by atoms with van der Waals surface area (Å²) in [5, 5.41) is 2.48. The number of carbonyl (C=O) groups is 2. The van der Waals surface area contributed by atoms with Crippen molar-refractivity contribution in [3.63, 3.8) is 0 Å². The van der Waals surface area contributed by atoms with Crippen molar-refractivity contribution in [3.05, 3.63) is 35.6 Å². The van der Waals surface area contributed by atoms with E-state index in [1.165, 1.54) is 19.1 Å². The molecule has 154 valence electrons. The lowest BCUT2D eigenvalue weighted by Crippen LogP contribution is -2.41. The molecule has 2 aliphatic heterocycles. The molecular weight excluding hydrogens is 378 g/mol. The number of amides is 2. The van der Waals surface area contributed by atoms with E-state index in [1.54, 1.807) is 21.9 Å². The molecule has 0 bridgehead atoms. The molecule has 2 amide bonds. The molecule has 0 unspecified atom stereocenters. The minimum absolute atomic E-state index is 0.0165. The zero-order valence-corrected chi connectivity index (χ0v) is 15.5. The van der Waals surface area contributed by atoms with Crippen LogP contribution in [-0.4, -0.2) is 60.5 Å². The Morgan fingerprint density at radius 3 is 2.61 bits per heavy atom. The number of halogens is 4. The second kappa shape index (κ2) is 8.06. The van der Waals surface area contributed by atoms with Crippen molar-refractivity contribution in [1.29, 1.82) is 0 Å². The van der Waals surface area contributed by atoms with E-state index in [9.17, 15) is 27.2 Å². The number of nitrogens with zero attached hydrogens (tertiary/aromatic N) is 2. The van der Waals surface area contributed by atoms with Gasteiger partial charge in [0.2, 0.25) is 11.8 Å². The molecule has 2 aliphatic rings. The van der Waals surface area contributed by atoms with E-state index in [2.05, 4.69) is 5.32 Å². The van der Waals surface area contributed by atoms with Gasteiger partial charge in [-0.2, -0.15) is 13.2 Å². The third kappa shape index (κ3) is 4.81. The summed E-state index contributed by atoms with van der Waals surface area (Å²) >= 11 is 0. The van der Waals surface area contributed by atoms with Gasteiger partial charge in [-0.25, -0.2) is 4.39 Å². The topological polar surface area (TPSA) is 52.7 Å². The van der Waals surface area contributed by atoms with Crippen molar-refractivity contribution in [1.82, 2.24) is 15.1 Å². The molecule has 5 nitrogen and oxygen atoms in total. The summed E-state index contributed by atoms with van der Waals surface area (Å²) in [5.74, 6) is -1.09. The van der Waals surface area contributed by atoms with E-state index in [0.29, 0.717) is 25.2 Å². The fraction of sp³-hybridized carbons (Fsp3) is 0.579. The van der Waals surface area contributed by atoms with Crippen molar-refractivity contribution in [2.24, 2.45) is 11.8 Å². The first-order valence-corrected chi connectivity index (χ1v) is 9.22. The van der Waals surface area contributed by atoms with Crippen LogP contribution in [0.4, 0.5) is 17.6 Å². The lowest BCUT2D eigenvalue weighted by Gasteiger charge is -2.30. The van der Waals surface area contributed by atoms with Gasteiger partial charge in [-0.15, -0.1) is 0 Å². The summed E-state index contributed by atoms with van der Waals surface area (Å²) in [7, 11) is 0. The third-order valence-corrected chi connectivity index (χ3v) is 5.45. The van der Waals surface area contributed by atoms with Crippen LogP contribution in [0.25, 0.3) is 0 Å². The normalized spacial score (nSPS) is 25.0. The molecule has 9 heteroatoms. The molecule has 0 saturated carbocycles. The number of benzene rings is 1. The minimum atomic E-state index is -4.21. The quantitative estimate of drug-likeness (QED) is 0.771. The summed E-state index contributed by atoms with van der Waals surface area (Å²) in [6.45, 7) is 2.36. The van der Waals surface area contributed by atoms with Gasteiger partial charge in [0.05, 0.1) is 19.0 Å². The Morgan fingerprint density at radius 1 is 1.21 bits per heavy atom. The smallest absolute Gasteiger partial charge is 0.347 e. The summed E-state index contributed by atoms with van der Waals surface area (Å²) in [4.78, 5) is 27.2. The second-order valence-corrected chi connectivity index (χ2v) is 7.50. The molecule has 1 aromatic carbocycles. The molecule has 3 atom stereocenters. The van der Waals surface area contributed by atoms with Crippen LogP contribution in [0.15, 0.2) is 24.3 Å². The van der Waals surface area contributed by atoms with Crippen molar-refractivity contribution in [2.75, 3.05) is 32.7 Å². The Balaban J connectivity index is 1.77. The Hall–Kier alpha value is -2.16. The molecule has 1 N–H and O–H groups in total. The number of hydrogen-bond acceptors (Lipinski definition) is 3. The van der Waals surface area contributed by atoms with Gasteiger partial charge in [-0.05, 0) is 23.6 Å². The van der Waals surface area contributed by atoms with Gasteiger partial charge in [-0.1, -0.05) is 12.1 Å². The van der Waals surface area contributed by atoms with Crippen LogP contribution in [-0.2, 0) is 9.59 Å². The Labute approximate surface area is 160 Å². The van der Waals surface area contributed by atoms with Gasteiger partial charge < -0.3 is 15.1 Å². The zero-order chi connectivity index (χ0) is 20.5. The molecule has 28 heavy (non-hydrogen) atoms. The van der Waals surface area contributed by atoms with Crippen LogP contribution >= 0.6 is 0 Å². The van der Waals surface area contributed by atoms with E-state index in [0.717, 1.165) is 0 Å². The number of fused-ring (bicyclic) bond motifs is 1. The maximum absolute atomic E-state index is 13.8. The number of carbonyl (C=O) groups excluding carboxylic acids is 2. The fourth-order valence-electron chi connectivity index (χ4n) is 4.28. The Kier molecular flexibility index (Phi) is 5.92. The predicted molar refractivity (Wildman–Crippen MR) is 93.6 cm³/mol. The SMILES string of the molecule is CC(=O)NCC(=O)N1C[C@@H]2CN(CCC(F)(F)F)C[C@@H]2[C@H]1c1cccc(F)c1. The van der Waals surface area contributed by atoms with Gasteiger partial charge in [0, 0.05) is 39.0 Å². The fourth-order valence-corrected chi connectivity index (χ4v) is 4.28. The number of alkyl halides is 3. The number of rotatable bonds is 5. The number of hydrogen-bond donors (Lipinski definition) is 1. The second-order valence-electron chi connectivity index (χ2n) is 7.50. The van der Waals surface area contributed by atoms with Crippen LogP contribution in [0, 0.1) is 17.7 Å². The molecule has 0 radical (unpaired) electrons. The number of likely N-dealkylation sites (tertiary alicyclic amines) is 2. The highest BCUT2D eigenvalue weighted by Gasteiger charge is 2.49. The summed E-state index contributed by atoms with van der Waals surface area (Å²) in [6, 6.07) is 5.55. The first-order chi connectivity index (χ1) is 13.1. The van der Waals surface area contributed by atoms with E-state index in [-0.39, 0.29) is 36.7 Å². The Bertz CT molecular complexity index is 740. The maximum atomic E-state index is 13.8. The lowest BCUT2D eigenvalue weighted by molar-refractivity contribution is -0.137. The first-order valence-electron chi connectivity index (χ1n) is 9.22. The Morgan fingerprint density at radius 2 is 1.96 bits per heavy atom. The van der Waals surface area contributed by atoms with Crippen LogP contribution in [0.3, 0.4) is 0 Å². The average molecular weight is 401 g/mol. The van der Waals surface area contributed by atoms with Crippen LogP contribution in [0.2, 0.25) is 0 Å². The van der Waals surface area contributed by atoms with Gasteiger partial charge >= 0.3 is 6.18 Å². The molecular formula is C19H23F4N3O2. The predicted octanol–water partition coefficient (Wildman–Crippen LogP) is 2.35. The maximum Gasteiger partial charge on any atom is 0.390 e.